The molecule has 2 rings (SSSR count). The molecular weight excluding hydrogens is 344 g/mol. The number of para-hydroxylation sites is 1. The highest BCUT2D eigenvalue weighted by molar-refractivity contribution is 9.10. The molecule has 0 bridgehead atoms. The highest BCUT2D eigenvalue weighted by Crippen LogP contribution is 2.25. The molecule has 2 N–H and O–H groups in total. The van der Waals surface area contributed by atoms with Crippen LogP contribution in [0.1, 0.15) is 5.56 Å². The fraction of sp³-hybridized carbons (Fsp3) is 0.200. The molecular formula is C15H14BrF2NO2. The van der Waals surface area contributed by atoms with E-state index in [-0.39, 0.29) is 19.0 Å². The lowest BCUT2D eigenvalue weighted by atomic mass is 10.2. The van der Waals surface area contributed by atoms with Crippen LogP contribution in [0.5, 0.6) is 11.5 Å². The summed E-state index contributed by atoms with van der Waals surface area (Å²) in [6, 6.07) is 9.76. The average Bonchev–Trinajstić information content (AvgIpc) is 2.48. The van der Waals surface area contributed by atoms with Gasteiger partial charge in [-0.25, -0.2) is 4.39 Å². The molecule has 0 saturated carbocycles. The Morgan fingerprint density at radius 2 is 1.67 bits per heavy atom. The van der Waals surface area contributed by atoms with Gasteiger partial charge in [0.2, 0.25) is 5.82 Å². The van der Waals surface area contributed by atoms with E-state index in [2.05, 4.69) is 15.9 Å². The van der Waals surface area contributed by atoms with Crippen molar-refractivity contribution >= 4 is 15.9 Å². The summed E-state index contributed by atoms with van der Waals surface area (Å²) in [6.45, 7) is 0.652. The van der Waals surface area contributed by atoms with Gasteiger partial charge in [0.05, 0.1) is 0 Å². The zero-order chi connectivity index (χ0) is 15.2. The number of hydrogen-bond acceptors (Lipinski definition) is 3. The summed E-state index contributed by atoms with van der Waals surface area (Å²) >= 11 is 3.08. The molecule has 2 aromatic rings. The fourth-order valence-corrected chi connectivity index (χ4v) is 2.16. The Morgan fingerprint density at radius 3 is 2.38 bits per heavy atom. The highest BCUT2D eigenvalue weighted by atomic mass is 79.9. The van der Waals surface area contributed by atoms with Gasteiger partial charge in [-0.3, -0.25) is 0 Å². The minimum atomic E-state index is -1.01. The maximum atomic E-state index is 13.5. The molecule has 0 aromatic heterocycles. The third kappa shape index (κ3) is 4.15. The number of hydrogen-bond donors (Lipinski definition) is 1. The highest BCUT2D eigenvalue weighted by Gasteiger charge is 2.11. The molecule has 21 heavy (non-hydrogen) atoms. The van der Waals surface area contributed by atoms with Crippen molar-refractivity contribution in [2.45, 2.75) is 6.54 Å². The molecule has 0 aliphatic carbocycles. The van der Waals surface area contributed by atoms with E-state index in [9.17, 15) is 8.78 Å². The summed E-state index contributed by atoms with van der Waals surface area (Å²) in [5, 5.41) is 0. The van der Waals surface area contributed by atoms with E-state index in [4.69, 9.17) is 15.2 Å². The Morgan fingerprint density at radius 1 is 1.00 bits per heavy atom. The summed E-state index contributed by atoms with van der Waals surface area (Å²) in [4.78, 5) is 0. The SMILES string of the molecule is NCc1ccccc1OCCOc1cc(Br)cc(F)c1F. The number of benzene rings is 2. The normalized spacial score (nSPS) is 10.5. The van der Waals surface area contributed by atoms with Crippen LogP contribution in [0.25, 0.3) is 0 Å². The molecule has 0 spiro atoms. The van der Waals surface area contributed by atoms with E-state index in [1.807, 2.05) is 18.2 Å². The molecule has 6 heteroatoms. The summed E-state index contributed by atoms with van der Waals surface area (Å²) < 4.78 is 37.8. The topological polar surface area (TPSA) is 44.5 Å². The maximum absolute atomic E-state index is 13.5. The van der Waals surface area contributed by atoms with Gasteiger partial charge < -0.3 is 15.2 Å². The predicted molar refractivity (Wildman–Crippen MR) is 79.4 cm³/mol. The first-order valence-electron chi connectivity index (χ1n) is 6.30. The van der Waals surface area contributed by atoms with Crippen LogP contribution in [0.4, 0.5) is 8.78 Å². The molecule has 0 aliphatic heterocycles. The molecule has 0 aliphatic rings. The van der Waals surface area contributed by atoms with Crippen LogP contribution in [0.15, 0.2) is 40.9 Å². The minimum absolute atomic E-state index is 0.0890. The van der Waals surface area contributed by atoms with Crippen molar-refractivity contribution in [2.75, 3.05) is 13.2 Å². The van der Waals surface area contributed by atoms with Crippen LogP contribution in [-0.4, -0.2) is 13.2 Å². The third-order valence-electron chi connectivity index (χ3n) is 2.75. The second-order valence-electron chi connectivity index (χ2n) is 4.21. The molecule has 2 aromatic carbocycles. The van der Waals surface area contributed by atoms with E-state index in [1.54, 1.807) is 6.07 Å². The third-order valence-corrected chi connectivity index (χ3v) is 3.21. The van der Waals surface area contributed by atoms with E-state index in [0.29, 0.717) is 16.8 Å². The molecule has 112 valence electrons. The van der Waals surface area contributed by atoms with E-state index in [1.165, 1.54) is 6.07 Å². The van der Waals surface area contributed by atoms with Gasteiger partial charge in [0.15, 0.2) is 11.6 Å². The number of ether oxygens (including phenoxy) is 2. The molecule has 0 radical (unpaired) electrons. The smallest absolute Gasteiger partial charge is 0.200 e. The first kappa shape index (κ1) is 15.7. The van der Waals surface area contributed by atoms with Crippen molar-refractivity contribution in [3.8, 4) is 11.5 Å². The van der Waals surface area contributed by atoms with Crippen LogP contribution in [-0.2, 0) is 6.54 Å². The maximum Gasteiger partial charge on any atom is 0.200 e. The molecule has 0 heterocycles. The van der Waals surface area contributed by atoms with Gasteiger partial charge in [0, 0.05) is 16.6 Å². The summed E-state index contributed by atoms with van der Waals surface area (Å²) in [5.41, 5.74) is 6.46. The van der Waals surface area contributed by atoms with E-state index >= 15 is 0 Å². The van der Waals surface area contributed by atoms with Gasteiger partial charge in [0.25, 0.3) is 0 Å². The molecule has 0 fully saturated rings. The summed E-state index contributed by atoms with van der Waals surface area (Å²) in [7, 11) is 0. The van der Waals surface area contributed by atoms with Gasteiger partial charge in [-0.05, 0) is 18.2 Å². The van der Waals surface area contributed by atoms with Gasteiger partial charge in [-0.2, -0.15) is 4.39 Å². The lowest BCUT2D eigenvalue weighted by Gasteiger charge is -2.12. The quantitative estimate of drug-likeness (QED) is 0.633. The summed E-state index contributed by atoms with van der Waals surface area (Å²) in [5.74, 6) is -1.48. The Bertz CT molecular complexity index is 623. The van der Waals surface area contributed by atoms with Crippen molar-refractivity contribution in [3.05, 3.63) is 58.1 Å². The van der Waals surface area contributed by atoms with Crippen molar-refractivity contribution in [3.63, 3.8) is 0 Å². The molecule has 0 unspecified atom stereocenters. The Kier molecular flexibility index (Phi) is 5.52. The van der Waals surface area contributed by atoms with E-state index in [0.717, 1.165) is 11.6 Å². The standard InChI is InChI=1S/C15H14BrF2NO2/c16-11-7-12(17)15(18)14(8-11)21-6-5-20-13-4-2-1-3-10(13)9-19/h1-4,7-8H,5-6,9,19H2. The molecule has 0 atom stereocenters. The average molecular weight is 358 g/mol. The summed E-state index contributed by atoms with van der Waals surface area (Å²) in [6.07, 6.45) is 0. The fourth-order valence-electron chi connectivity index (χ4n) is 1.75. The monoisotopic (exact) mass is 357 g/mol. The zero-order valence-corrected chi connectivity index (χ0v) is 12.7. The molecule has 0 saturated heterocycles. The van der Waals surface area contributed by atoms with Crippen LogP contribution < -0.4 is 15.2 Å². The Balaban J connectivity index is 1.91. The van der Waals surface area contributed by atoms with E-state index < -0.39 is 11.6 Å². The van der Waals surface area contributed by atoms with Gasteiger partial charge in [-0.15, -0.1) is 0 Å². The van der Waals surface area contributed by atoms with Crippen LogP contribution in [0.2, 0.25) is 0 Å². The predicted octanol–water partition coefficient (Wildman–Crippen LogP) is 3.64. The van der Waals surface area contributed by atoms with Gasteiger partial charge >= 0.3 is 0 Å². The van der Waals surface area contributed by atoms with Gasteiger partial charge in [-0.1, -0.05) is 34.1 Å². The van der Waals surface area contributed by atoms with Crippen molar-refractivity contribution < 1.29 is 18.3 Å². The first-order valence-corrected chi connectivity index (χ1v) is 7.09. The number of halogens is 3. The van der Waals surface area contributed by atoms with Crippen LogP contribution in [0.3, 0.4) is 0 Å². The van der Waals surface area contributed by atoms with Crippen molar-refractivity contribution in [1.82, 2.24) is 0 Å². The zero-order valence-electron chi connectivity index (χ0n) is 11.1. The first-order chi connectivity index (χ1) is 10.1. The number of rotatable bonds is 6. The lowest BCUT2D eigenvalue weighted by Crippen LogP contribution is -2.11. The lowest BCUT2D eigenvalue weighted by molar-refractivity contribution is 0.208. The van der Waals surface area contributed by atoms with Crippen molar-refractivity contribution in [1.29, 1.82) is 0 Å². The van der Waals surface area contributed by atoms with Crippen LogP contribution in [0, 0.1) is 11.6 Å². The second kappa shape index (κ2) is 7.38. The Labute approximate surface area is 129 Å². The second-order valence-corrected chi connectivity index (χ2v) is 5.12. The van der Waals surface area contributed by atoms with Crippen LogP contribution >= 0.6 is 15.9 Å². The molecule has 3 nitrogen and oxygen atoms in total. The number of nitrogens with two attached hydrogens (primary N) is 1. The van der Waals surface area contributed by atoms with Crippen molar-refractivity contribution in [2.24, 2.45) is 5.73 Å². The minimum Gasteiger partial charge on any atom is -0.490 e. The van der Waals surface area contributed by atoms with Gasteiger partial charge in [0.1, 0.15) is 19.0 Å². The largest absolute Gasteiger partial charge is 0.490 e. The molecule has 0 amide bonds. The Hall–Kier alpha value is -1.66.